The molecule has 1 aromatic heterocycles. The summed E-state index contributed by atoms with van der Waals surface area (Å²) in [5.74, 6) is 0.990. The van der Waals surface area contributed by atoms with Crippen LogP contribution in [-0.4, -0.2) is 46.1 Å². The zero-order chi connectivity index (χ0) is 16.9. The van der Waals surface area contributed by atoms with Crippen molar-refractivity contribution in [3.05, 3.63) is 53.6 Å². The van der Waals surface area contributed by atoms with Gasteiger partial charge in [-0.3, -0.25) is 4.79 Å². The summed E-state index contributed by atoms with van der Waals surface area (Å²) in [7, 11) is 0. The Morgan fingerprint density at radius 2 is 1.96 bits per heavy atom. The van der Waals surface area contributed by atoms with Gasteiger partial charge in [0.2, 0.25) is 0 Å². The lowest BCUT2D eigenvalue weighted by molar-refractivity contribution is -0.0586. The van der Waals surface area contributed by atoms with Gasteiger partial charge < -0.3 is 19.9 Å². The number of rotatable bonds is 5. The van der Waals surface area contributed by atoms with E-state index in [0.29, 0.717) is 19.6 Å². The second-order valence-corrected chi connectivity index (χ2v) is 6.30. The number of aromatic amines is 1. The number of H-pyrrole nitrogens is 1. The molecule has 2 atom stereocenters. The van der Waals surface area contributed by atoms with Crippen LogP contribution in [0.3, 0.4) is 0 Å². The Hall–Kier alpha value is -2.18. The first-order valence-corrected chi connectivity index (χ1v) is 8.34. The molecule has 6 nitrogen and oxygen atoms in total. The zero-order valence-electron chi connectivity index (χ0n) is 14.2. The van der Waals surface area contributed by atoms with Gasteiger partial charge in [0.05, 0.1) is 18.8 Å². The van der Waals surface area contributed by atoms with Crippen LogP contribution in [0.1, 0.15) is 35.6 Å². The number of benzene rings is 1. The maximum absolute atomic E-state index is 12.6. The van der Waals surface area contributed by atoms with Crippen LogP contribution < -0.4 is 5.32 Å². The molecule has 2 unspecified atom stereocenters. The molecule has 1 saturated heterocycles. The Labute approximate surface area is 142 Å². The number of aromatic nitrogens is 2. The number of nitrogens with zero attached hydrogens (tertiary/aromatic N) is 2. The summed E-state index contributed by atoms with van der Waals surface area (Å²) in [6.07, 6.45) is 3.72. The number of amides is 1. The van der Waals surface area contributed by atoms with Crippen molar-refractivity contribution in [3.8, 4) is 0 Å². The fraction of sp³-hybridized carbons (Fsp3) is 0.444. The standard InChI is InChI=1S/C18H24N4O2/c1-13-11-22(12-14(2)24-13)18(23)16-5-3-15(4-6-16)9-19-10-17-20-7-8-21-17/h3-8,13-14,19H,9-12H2,1-2H3,(H,20,21). The monoisotopic (exact) mass is 328 g/mol. The van der Waals surface area contributed by atoms with Gasteiger partial charge in [0, 0.05) is 37.6 Å². The number of carbonyl (C=O) groups excluding carboxylic acids is 1. The predicted octanol–water partition coefficient (Wildman–Crippen LogP) is 1.95. The van der Waals surface area contributed by atoms with E-state index >= 15 is 0 Å². The fourth-order valence-corrected chi connectivity index (χ4v) is 3.01. The molecule has 0 radical (unpaired) electrons. The van der Waals surface area contributed by atoms with Crippen LogP contribution in [0, 0.1) is 0 Å². The van der Waals surface area contributed by atoms with Gasteiger partial charge in [-0.05, 0) is 31.5 Å². The molecule has 0 saturated carbocycles. The number of hydrogen-bond acceptors (Lipinski definition) is 4. The van der Waals surface area contributed by atoms with E-state index in [1.807, 2.05) is 49.2 Å². The van der Waals surface area contributed by atoms with E-state index in [0.717, 1.165) is 23.5 Å². The molecule has 1 aliphatic heterocycles. The van der Waals surface area contributed by atoms with Gasteiger partial charge in [0.15, 0.2) is 0 Å². The Bertz CT molecular complexity index is 644. The highest BCUT2D eigenvalue weighted by atomic mass is 16.5. The van der Waals surface area contributed by atoms with Gasteiger partial charge in [-0.15, -0.1) is 0 Å². The summed E-state index contributed by atoms with van der Waals surface area (Å²) in [5, 5.41) is 3.32. The van der Waals surface area contributed by atoms with Gasteiger partial charge in [-0.25, -0.2) is 4.98 Å². The smallest absolute Gasteiger partial charge is 0.254 e. The molecular formula is C18H24N4O2. The molecule has 2 aromatic rings. The summed E-state index contributed by atoms with van der Waals surface area (Å²) in [6.45, 7) is 6.73. The van der Waals surface area contributed by atoms with Crippen LogP contribution in [0.5, 0.6) is 0 Å². The minimum atomic E-state index is 0.0760. The second kappa shape index (κ2) is 7.59. The average molecular weight is 328 g/mol. The summed E-state index contributed by atoms with van der Waals surface area (Å²) < 4.78 is 5.69. The minimum absolute atomic E-state index is 0.0760. The maximum Gasteiger partial charge on any atom is 0.254 e. The number of ether oxygens (including phenoxy) is 1. The van der Waals surface area contributed by atoms with Crippen molar-refractivity contribution in [2.75, 3.05) is 13.1 Å². The van der Waals surface area contributed by atoms with Gasteiger partial charge >= 0.3 is 0 Å². The molecule has 6 heteroatoms. The van der Waals surface area contributed by atoms with Crippen LogP contribution in [-0.2, 0) is 17.8 Å². The molecule has 1 amide bonds. The largest absolute Gasteiger partial charge is 0.372 e. The van der Waals surface area contributed by atoms with Gasteiger partial charge in [-0.1, -0.05) is 12.1 Å². The highest BCUT2D eigenvalue weighted by molar-refractivity contribution is 5.94. The van der Waals surface area contributed by atoms with Crippen molar-refractivity contribution in [2.45, 2.75) is 39.1 Å². The highest BCUT2D eigenvalue weighted by Crippen LogP contribution is 2.15. The molecular weight excluding hydrogens is 304 g/mol. The number of nitrogens with one attached hydrogen (secondary N) is 2. The second-order valence-electron chi connectivity index (χ2n) is 6.30. The molecule has 3 rings (SSSR count). The number of morpholine rings is 1. The molecule has 1 aliphatic rings. The van der Waals surface area contributed by atoms with E-state index in [9.17, 15) is 4.79 Å². The third-order valence-corrected chi connectivity index (χ3v) is 4.08. The van der Waals surface area contributed by atoms with Crippen molar-refractivity contribution >= 4 is 5.91 Å². The zero-order valence-corrected chi connectivity index (χ0v) is 14.2. The molecule has 1 aromatic carbocycles. The van der Waals surface area contributed by atoms with Gasteiger partial charge in [0.1, 0.15) is 5.82 Å². The molecule has 2 N–H and O–H groups in total. The number of imidazole rings is 1. The third-order valence-electron chi connectivity index (χ3n) is 4.08. The first-order chi connectivity index (χ1) is 11.6. The van der Waals surface area contributed by atoms with E-state index in [4.69, 9.17) is 4.74 Å². The van der Waals surface area contributed by atoms with E-state index in [2.05, 4.69) is 15.3 Å². The summed E-state index contributed by atoms with van der Waals surface area (Å²) >= 11 is 0. The molecule has 0 aliphatic carbocycles. The average Bonchev–Trinajstić information content (AvgIpc) is 3.07. The molecule has 128 valence electrons. The lowest BCUT2D eigenvalue weighted by Crippen LogP contribution is -2.48. The Morgan fingerprint density at radius 1 is 1.25 bits per heavy atom. The Kier molecular flexibility index (Phi) is 5.27. The van der Waals surface area contributed by atoms with Crippen molar-refractivity contribution in [3.63, 3.8) is 0 Å². The predicted molar refractivity (Wildman–Crippen MR) is 91.5 cm³/mol. The Morgan fingerprint density at radius 3 is 2.58 bits per heavy atom. The van der Waals surface area contributed by atoms with Gasteiger partial charge in [0.25, 0.3) is 5.91 Å². The van der Waals surface area contributed by atoms with E-state index < -0.39 is 0 Å². The molecule has 1 fully saturated rings. The normalized spacial score (nSPS) is 21.0. The molecule has 0 bridgehead atoms. The van der Waals surface area contributed by atoms with Crippen molar-refractivity contribution in [1.29, 1.82) is 0 Å². The minimum Gasteiger partial charge on any atom is -0.372 e. The first-order valence-electron chi connectivity index (χ1n) is 8.34. The number of carbonyl (C=O) groups is 1. The molecule has 0 spiro atoms. The van der Waals surface area contributed by atoms with Crippen molar-refractivity contribution < 1.29 is 9.53 Å². The summed E-state index contributed by atoms with van der Waals surface area (Å²) in [4.78, 5) is 21.7. The van der Waals surface area contributed by atoms with Crippen LogP contribution in [0.15, 0.2) is 36.7 Å². The van der Waals surface area contributed by atoms with E-state index in [1.54, 1.807) is 6.20 Å². The van der Waals surface area contributed by atoms with Crippen LogP contribution in [0.4, 0.5) is 0 Å². The first kappa shape index (κ1) is 16.7. The van der Waals surface area contributed by atoms with Gasteiger partial charge in [-0.2, -0.15) is 0 Å². The van der Waals surface area contributed by atoms with Crippen molar-refractivity contribution in [2.24, 2.45) is 0 Å². The third kappa shape index (κ3) is 4.21. The fourth-order valence-electron chi connectivity index (χ4n) is 3.01. The maximum atomic E-state index is 12.6. The van der Waals surface area contributed by atoms with Crippen LogP contribution in [0.2, 0.25) is 0 Å². The summed E-state index contributed by atoms with van der Waals surface area (Å²) in [5.41, 5.74) is 1.87. The lowest BCUT2D eigenvalue weighted by atomic mass is 10.1. The lowest BCUT2D eigenvalue weighted by Gasteiger charge is -2.35. The van der Waals surface area contributed by atoms with Crippen LogP contribution >= 0.6 is 0 Å². The Balaban J connectivity index is 1.54. The molecule has 24 heavy (non-hydrogen) atoms. The van der Waals surface area contributed by atoms with E-state index in [-0.39, 0.29) is 18.1 Å². The summed E-state index contributed by atoms with van der Waals surface area (Å²) in [6, 6.07) is 7.79. The molecule has 2 heterocycles. The van der Waals surface area contributed by atoms with Crippen LogP contribution in [0.25, 0.3) is 0 Å². The topological polar surface area (TPSA) is 70.2 Å². The highest BCUT2D eigenvalue weighted by Gasteiger charge is 2.26. The van der Waals surface area contributed by atoms with Crippen molar-refractivity contribution in [1.82, 2.24) is 20.2 Å². The quantitative estimate of drug-likeness (QED) is 0.880. The SMILES string of the molecule is CC1CN(C(=O)c2ccc(CNCc3ncc[nH]3)cc2)CC(C)O1. The van der Waals surface area contributed by atoms with E-state index in [1.165, 1.54) is 0 Å². The number of hydrogen-bond donors (Lipinski definition) is 2.